The minimum absolute atomic E-state index is 0.0572. The van der Waals surface area contributed by atoms with E-state index < -0.39 is 36.6 Å². The number of carbonyl (C=O) groups is 1. The summed E-state index contributed by atoms with van der Waals surface area (Å²) in [6.45, 7) is 4.68. The lowest BCUT2D eigenvalue weighted by Gasteiger charge is -2.39. The highest BCUT2D eigenvalue weighted by molar-refractivity contribution is 6.28. The fourth-order valence-corrected chi connectivity index (χ4v) is 3.32. The van der Waals surface area contributed by atoms with E-state index in [1.807, 2.05) is 0 Å². The van der Waals surface area contributed by atoms with Crippen LogP contribution in [-0.4, -0.2) is 56.5 Å². The maximum Gasteiger partial charge on any atom is 0.407 e. The van der Waals surface area contributed by atoms with Gasteiger partial charge >= 0.3 is 6.09 Å². The Kier molecular flexibility index (Phi) is 5.66. The molecule has 0 saturated carbocycles. The van der Waals surface area contributed by atoms with Crippen LogP contribution in [0.25, 0.3) is 11.1 Å². The largest absolute Gasteiger partial charge is 0.444 e. The summed E-state index contributed by atoms with van der Waals surface area (Å²) in [4.78, 5) is 21.6. The van der Waals surface area contributed by atoms with Gasteiger partial charge in [0.1, 0.15) is 11.4 Å². The summed E-state index contributed by atoms with van der Waals surface area (Å²) in [5.74, 6) is -2.78. The van der Waals surface area contributed by atoms with Crippen LogP contribution in [0.1, 0.15) is 27.2 Å². The molecule has 3 rings (SSSR count). The molecule has 1 saturated heterocycles. The molecule has 3 heterocycles. The van der Waals surface area contributed by atoms with Crippen molar-refractivity contribution in [1.29, 1.82) is 0 Å². The molecule has 1 N–H and O–H groups in total. The van der Waals surface area contributed by atoms with Crippen molar-refractivity contribution in [3.63, 3.8) is 0 Å². The van der Waals surface area contributed by atoms with Crippen molar-refractivity contribution in [2.24, 2.45) is 7.05 Å². The molecule has 11 heteroatoms. The molecule has 8 nitrogen and oxygen atoms in total. The first-order valence-corrected chi connectivity index (χ1v) is 9.43. The number of anilines is 1. The van der Waals surface area contributed by atoms with Gasteiger partial charge in [0.05, 0.1) is 18.8 Å². The lowest BCUT2D eigenvalue weighted by atomic mass is 10.0. The average molecular weight is 429 g/mol. The molecule has 2 aromatic heterocycles. The van der Waals surface area contributed by atoms with E-state index in [0.29, 0.717) is 11.1 Å². The van der Waals surface area contributed by atoms with Crippen molar-refractivity contribution in [1.82, 2.24) is 25.1 Å². The number of rotatable bonds is 3. The Hall–Kier alpha value is -2.49. The van der Waals surface area contributed by atoms with Gasteiger partial charge in [0, 0.05) is 43.5 Å². The second kappa shape index (κ2) is 7.74. The Morgan fingerprint density at radius 3 is 2.72 bits per heavy atom. The standard InChI is InChI=1S/C18H23ClF2N6O2/c1-17(2,3)29-16(28)24-12-5-18(20,21)10-27(9-12)14-13(7-22-15(19)25-14)11-6-23-26(4)8-11/h6-8,12H,5,9-10H2,1-4H3,(H,24,28). The van der Waals surface area contributed by atoms with Crippen molar-refractivity contribution in [2.75, 3.05) is 18.0 Å². The Morgan fingerprint density at radius 2 is 2.10 bits per heavy atom. The first-order chi connectivity index (χ1) is 13.4. The molecule has 0 aliphatic carbocycles. The molecular weight excluding hydrogens is 406 g/mol. The third-order valence-electron chi connectivity index (χ3n) is 4.18. The second-order valence-electron chi connectivity index (χ2n) is 8.06. The van der Waals surface area contributed by atoms with Crippen LogP contribution in [0.2, 0.25) is 5.28 Å². The highest BCUT2D eigenvalue weighted by Gasteiger charge is 2.42. The number of amides is 1. The van der Waals surface area contributed by atoms with Crippen molar-refractivity contribution >= 4 is 23.5 Å². The molecule has 1 fully saturated rings. The van der Waals surface area contributed by atoms with Crippen LogP contribution < -0.4 is 10.2 Å². The number of hydrogen-bond donors (Lipinski definition) is 1. The Labute approximate surface area is 172 Å². The lowest BCUT2D eigenvalue weighted by molar-refractivity contribution is -0.0231. The predicted octanol–water partition coefficient (Wildman–Crippen LogP) is 3.27. The van der Waals surface area contributed by atoms with Crippen LogP contribution in [0.3, 0.4) is 0 Å². The number of halogens is 3. The molecule has 0 bridgehead atoms. The summed E-state index contributed by atoms with van der Waals surface area (Å²) in [5, 5.41) is 6.58. The molecular formula is C18H23ClF2N6O2. The van der Waals surface area contributed by atoms with Crippen molar-refractivity contribution in [2.45, 2.75) is 44.8 Å². The quantitative estimate of drug-likeness (QED) is 0.755. The minimum atomic E-state index is -3.04. The number of ether oxygens (including phenoxy) is 1. The number of aromatic nitrogens is 4. The van der Waals surface area contributed by atoms with Gasteiger partial charge in [-0.05, 0) is 32.4 Å². The molecule has 158 valence electrons. The Morgan fingerprint density at radius 1 is 1.38 bits per heavy atom. The van der Waals surface area contributed by atoms with Gasteiger partial charge in [-0.1, -0.05) is 0 Å². The zero-order valence-electron chi connectivity index (χ0n) is 16.6. The number of nitrogens with one attached hydrogen (secondary N) is 1. The molecule has 1 aliphatic heterocycles. The monoisotopic (exact) mass is 428 g/mol. The van der Waals surface area contributed by atoms with Crippen LogP contribution in [0.4, 0.5) is 19.4 Å². The molecule has 0 aromatic carbocycles. The number of nitrogens with zero attached hydrogens (tertiary/aromatic N) is 5. The summed E-state index contributed by atoms with van der Waals surface area (Å²) in [6.07, 6.45) is 3.56. The molecule has 1 atom stereocenters. The summed E-state index contributed by atoms with van der Waals surface area (Å²) >= 11 is 5.95. The van der Waals surface area contributed by atoms with Gasteiger partial charge in [-0.2, -0.15) is 10.1 Å². The van der Waals surface area contributed by atoms with E-state index in [9.17, 15) is 13.6 Å². The van der Waals surface area contributed by atoms with Gasteiger partial charge in [-0.3, -0.25) is 4.68 Å². The van der Waals surface area contributed by atoms with Crippen LogP contribution in [0.15, 0.2) is 18.6 Å². The predicted molar refractivity (Wildman–Crippen MR) is 104 cm³/mol. The zero-order valence-corrected chi connectivity index (χ0v) is 17.4. The molecule has 0 radical (unpaired) electrons. The molecule has 1 amide bonds. The van der Waals surface area contributed by atoms with E-state index in [2.05, 4.69) is 20.4 Å². The van der Waals surface area contributed by atoms with Gasteiger partial charge in [0.25, 0.3) is 5.92 Å². The summed E-state index contributed by atoms with van der Waals surface area (Å²) in [6, 6.07) is -0.830. The minimum Gasteiger partial charge on any atom is -0.444 e. The van der Waals surface area contributed by atoms with E-state index in [1.54, 1.807) is 44.9 Å². The average Bonchev–Trinajstić information content (AvgIpc) is 2.97. The third kappa shape index (κ3) is 5.53. The van der Waals surface area contributed by atoms with Gasteiger partial charge in [0.2, 0.25) is 5.28 Å². The van der Waals surface area contributed by atoms with E-state index in [0.717, 1.165) is 0 Å². The number of piperidine rings is 1. The lowest BCUT2D eigenvalue weighted by Crippen LogP contribution is -2.56. The van der Waals surface area contributed by atoms with E-state index in [-0.39, 0.29) is 17.6 Å². The number of alkyl carbamates (subject to hydrolysis) is 1. The van der Waals surface area contributed by atoms with Crippen LogP contribution in [-0.2, 0) is 11.8 Å². The number of carbonyl (C=O) groups excluding carboxylic acids is 1. The molecule has 1 aliphatic rings. The highest BCUT2D eigenvalue weighted by atomic mass is 35.5. The van der Waals surface area contributed by atoms with Crippen LogP contribution >= 0.6 is 11.6 Å². The van der Waals surface area contributed by atoms with Crippen molar-refractivity contribution in [3.8, 4) is 11.1 Å². The SMILES string of the molecule is Cn1cc(-c2cnc(Cl)nc2N2CC(NC(=O)OC(C)(C)C)CC(F)(F)C2)cn1. The van der Waals surface area contributed by atoms with Crippen molar-refractivity contribution < 1.29 is 18.3 Å². The molecule has 29 heavy (non-hydrogen) atoms. The van der Waals surface area contributed by atoms with E-state index in [1.165, 1.54) is 11.1 Å². The second-order valence-corrected chi connectivity index (χ2v) is 8.40. The van der Waals surface area contributed by atoms with Crippen LogP contribution in [0, 0.1) is 0 Å². The number of alkyl halides is 2. The summed E-state index contributed by atoms with van der Waals surface area (Å²) in [5.41, 5.74) is 0.468. The normalized spacial score (nSPS) is 19.1. The summed E-state index contributed by atoms with van der Waals surface area (Å²) < 4.78 is 35.8. The maximum atomic E-state index is 14.5. The fraction of sp³-hybridized carbons (Fsp3) is 0.556. The van der Waals surface area contributed by atoms with E-state index in [4.69, 9.17) is 16.3 Å². The smallest absolute Gasteiger partial charge is 0.407 e. The van der Waals surface area contributed by atoms with Gasteiger partial charge in [-0.25, -0.2) is 18.6 Å². The van der Waals surface area contributed by atoms with Gasteiger partial charge < -0.3 is 15.0 Å². The van der Waals surface area contributed by atoms with Crippen LogP contribution in [0.5, 0.6) is 0 Å². The highest BCUT2D eigenvalue weighted by Crippen LogP contribution is 2.35. The summed E-state index contributed by atoms with van der Waals surface area (Å²) in [7, 11) is 1.75. The molecule has 2 aromatic rings. The number of aryl methyl sites for hydroxylation is 1. The number of hydrogen-bond acceptors (Lipinski definition) is 6. The van der Waals surface area contributed by atoms with Gasteiger partial charge in [0.15, 0.2) is 0 Å². The fourth-order valence-electron chi connectivity index (χ4n) is 3.19. The molecule has 1 unspecified atom stereocenters. The third-order valence-corrected chi connectivity index (χ3v) is 4.37. The first kappa shape index (κ1) is 21.2. The van der Waals surface area contributed by atoms with E-state index >= 15 is 0 Å². The molecule has 0 spiro atoms. The van der Waals surface area contributed by atoms with Crippen molar-refractivity contribution in [3.05, 3.63) is 23.9 Å². The topological polar surface area (TPSA) is 85.2 Å². The first-order valence-electron chi connectivity index (χ1n) is 9.06. The Bertz CT molecular complexity index is 899. The maximum absolute atomic E-state index is 14.5. The van der Waals surface area contributed by atoms with Gasteiger partial charge in [-0.15, -0.1) is 0 Å². The zero-order chi connectivity index (χ0) is 21.4. The Balaban J connectivity index is 1.88.